The van der Waals surface area contributed by atoms with Crippen LogP contribution in [0.4, 0.5) is 0 Å². The Balaban J connectivity index is 1.87. The monoisotopic (exact) mass is 339 g/mol. The van der Waals surface area contributed by atoms with Gasteiger partial charge in [-0.15, -0.1) is 0 Å². The van der Waals surface area contributed by atoms with E-state index < -0.39 is 0 Å². The summed E-state index contributed by atoms with van der Waals surface area (Å²) >= 11 is 0. The minimum absolute atomic E-state index is 0.0825. The minimum Gasteiger partial charge on any atom is -0.294 e. The van der Waals surface area contributed by atoms with Gasteiger partial charge in [0.15, 0.2) is 5.78 Å². The van der Waals surface area contributed by atoms with Crippen molar-refractivity contribution in [3.8, 4) is 6.07 Å². The normalized spacial score (nSPS) is 23.2. The lowest BCUT2D eigenvalue weighted by Crippen LogP contribution is -2.25. The molecule has 0 radical (unpaired) electrons. The molecule has 25 heavy (non-hydrogen) atoms. The number of hydrogen-bond donors (Lipinski definition) is 0. The molecule has 1 aliphatic carbocycles. The molecule has 0 heterocycles. The zero-order valence-corrected chi connectivity index (χ0v) is 16.0. The molecule has 2 nitrogen and oxygen atoms in total. The van der Waals surface area contributed by atoms with Crippen molar-refractivity contribution in [3.63, 3.8) is 0 Å². The Morgan fingerprint density at radius 1 is 1.08 bits per heavy atom. The number of benzene rings is 1. The van der Waals surface area contributed by atoms with E-state index in [0.29, 0.717) is 12.3 Å². The smallest absolute Gasteiger partial charge is 0.162 e. The van der Waals surface area contributed by atoms with Gasteiger partial charge in [0.05, 0.1) is 11.5 Å². The maximum atomic E-state index is 11.8. The number of carbonyl (C=O) groups excluding carboxylic acids is 1. The standard InChI is InChI=1S/C23H33NO/c1-3-5-6-7-8-15-23(18-24)16-13-20(14-17-23)19-9-11-21(12-10-19)22(25)4-2/h9-12,20H,3-8,13-17H2,1-2H3. The number of unbranched alkanes of at least 4 members (excludes halogenated alkanes) is 4. The number of carbonyl (C=O) groups is 1. The van der Waals surface area contributed by atoms with E-state index in [1.54, 1.807) is 0 Å². The van der Waals surface area contributed by atoms with Crippen LogP contribution < -0.4 is 0 Å². The molecule has 136 valence electrons. The lowest BCUT2D eigenvalue weighted by Gasteiger charge is -2.35. The third-order valence-corrected chi connectivity index (χ3v) is 5.96. The van der Waals surface area contributed by atoms with Crippen molar-refractivity contribution in [2.45, 2.75) is 90.4 Å². The third-order valence-electron chi connectivity index (χ3n) is 5.96. The molecule has 0 atom stereocenters. The second-order valence-electron chi connectivity index (χ2n) is 7.73. The van der Waals surface area contributed by atoms with Crippen molar-refractivity contribution in [3.05, 3.63) is 35.4 Å². The highest BCUT2D eigenvalue weighted by Crippen LogP contribution is 2.45. The topological polar surface area (TPSA) is 40.9 Å². The van der Waals surface area contributed by atoms with Crippen LogP contribution in [-0.2, 0) is 0 Å². The van der Waals surface area contributed by atoms with Crippen molar-refractivity contribution in [2.75, 3.05) is 0 Å². The van der Waals surface area contributed by atoms with Gasteiger partial charge in [0.1, 0.15) is 0 Å². The number of rotatable bonds is 9. The van der Waals surface area contributed by atoms with Crippen LogP contribution in [0.5, 0.6) is 0 Å². The zero-order valence-electron chi connectivity index (χ0n) is 16.0. The second-order valence-corrected chi connectivity index (χ2v) is 7.73. The Morgan fingerprint density at radius 3 is 2.28 bits per heavy atom. The Kier molecular flexibility index (Phi) is 7.69. The first-order valence-electron chi connectivity index (χ1n) is 10.2. The summed E-state index contributed by atoms with van der Waals surface area (Å²) in [4.78, 5) is 11.8. The van der Waals surface area contributed by atoms with E-state index in [2.05, 4.69) is 25.1 Å². The predicted molar refractivity (Wildman–Crippen MR) is 104 cm³/mol. The summed E-state index contributed by atoms with van der Waals surface area (Å²) in [6, 6.07) is 10.9. The average molecular weight is 340 g/mol. The largest absolute Gasteiger partial charge is 0.294 e. The Hall–Kier alpha value is -1.62. The van der Waals surface area contributed by atoms with Gasteiger partial charge in [-0.05, 0) is 43.6 Å². The van der Waals surface area contributed by atoms with Crippen LogP contribution >= 0.6 is 0 Å². The van der Waals surface area contributed by atoms with Crippen LogP contribution in [0.3, 0.4) is 0 Å². The molecule has 2 heteroatoms. The Labute approximate surface area is 153 Å². The van der Waals surface area contributed by atoms with Gasteiger partial charge in [-0.1, -0.05) is 70.2 Å². The van der Waals surface area contributed by atoms with Crippen LogP contribution in [0.1, 0.15) is 106 Å². The SMILES string of the molecule is CCCCCCCC1(C#N)CCC(c2ccc(C(=O)CC)cc2)CC1. The summed E-state index contributed by atoms with van der Waals surface area (Å²) in [5, 5.41) is 9.74. The van der Waals surface area contributed by atoms with Gasteiger partial charge in [-0.3, -0.25) is 4.79 Å². The molecule has 0 spiro atoms. The van der Waals surface area contributed by atoms with Gasteiger partial charge in [0.2, 0.25) is 0 Å². The number of ketones is 1. The van der Waals surface area contributed by atoms with Crippen molar-refractivity contribution >= 4 is 5.78 Å². The van der Waals surface area contributed by atoms with E-state index >= 15 is 0 Å². The van der Waals surface area contributed by atoms with Gasteiger partial charge in [-0.2, -0.15) is 5.26 Å². The molecular weight excluding hydrogens is 306 g/mol. The molecule has 0 aliphatic heterocycles. The molecule has 0 aromatic heterocycles. The number of hydrogen-bond acceptors (Lipinski definition) is 2. The van der Waals surface area contributed by atoms with E-state index in [4.69, 9.17) is 0 Å². The highest BCUT2D eigenvalue weighted by molar-refractivity contribution is 5.95. The zero-order chi connectivity index (χ0) is 18.1. The first kappa shape index (κ1) is 19.7. The van der Waals surface area contributed by atoms with Crippen LogP contribution in [0.15, 0.2) is 24.3 Å². The summed E-state index contributed by atoms with van der Waals surface area (Å²) in [7, 11) is 0. The van der Waals surface area contributed by atoms with Gasteiger partial charge < -0.3 is 0 Å². The van der Waals surface area contributed by atoms with Crippen molar-refractivity contribution < 1.29 is 4.79 Å². The Bertz CT molecular complexity index is 573. The molecule has 2 rings (SSSR count). The van der Waals surface area contributed by atoms with Crippen molar-refractivity contribution in [1.82, 2.24) is 0 Å². The summed E-state index contributed by atoms with van der Waals surface area (Å²) in [6.07, 6.45) is 12.3. The molecule has 0 bridgehead atoms. The van der Waals surface area contributed by atoms with E-state index in [0.717, 1.165) is 37.7 Å². The van der Waals surface area contributed by atoms with Crippen LogP contribution in [0.25, 0.3) is 0 Å². The fourth-order valence-corrected chi connectivity index (χ4v) is 4.13. The summed E-state index contributed by atoms with van der Waals surface area (Å²) < 4.78 is 0. The molecular formula is C23H33NO. The molecule has 0 amide bonds. The van der Waals surface area contributed by atoms with E-state index in [9.17, 15) is 10.1 Å². The summed E-state index contributed by atoms with van der Waals surface area (Å²) in [6.45, 7) is 4.14. The lowest BCUT2D eigenvalue weighted by atomic mass is 9.67. The fraction of sp³-hybridized carbons (Fsp3) is 0.652. The van der Waals surface area contributed by atoms with E-state index in [-0.39, 0.29) is 11.2 Å². The van der Waals surface area contributed by atoms with Crippen LogP contribution in [-0.4, -0.2) is 5.78 Å². The molecule has 1 aliphatic rings. The van der Waals surface area contributed by atoms with Crippen molar-refractivity contribution in [2.24, 2.45) is 5.41 Å². The lowest BCUT2D eigenvalue weighted by molar-refractivity contribution is 0.0988. The maximum Gasteiger partial charge on any atom is 0.162 e. The molecule has 1 aromatic carbocycles. The highest BCUT2D eigenvalue weighted by atomic mass is 16.1. The van der Waals surface area contributed by atoms with Crippen LogP contribution in [0.2, 0.25) is 0 Å². The minimum atomic E-state index is -0.0825. The van der Waals surface area contributed by atoms with E-state index in [1.165, 1.54) is 37.7 Å². The van der Waals surface area contributed by atoms with Gasteiger partial charge in [0.25, 0.3) is 0 Å². The molecule has 0 saturated heterocycles. The van der Waals surface area contributed by atoms with Crippen molar-refractivity contribution in [1.29, 1.82) is 5.26 Å². The molecule has 0 N–H and O–H groups in total. The van der Waals surface area contributed by atoms with Gasteiger partial charge >= 0.3 is 0 Å². The fourth-order valence-electron chi connectivity index (χ4n) is 4.13. The van der Waals surface area contributed by atoms with Gasteiger partial charge in [0, 0.05) is 12.0 Å². The second kappa shape index (κ2) is 9.76. The number of nitriles is 1. The summed E-state index contributed by atoms with van der Waals surface area (Å²) in [5.74, 6) is 0.758. The van der Waals surface area contributed by atoms with Crippen LogP contribution in [0, 0.1) is 16.7 Å². The molecule has 1 saturated carbocycles. The number of nitrogens with zero attached hydrogens (tertiary/aromatic N) is 1. The first-order chi connectivity index (χ1) is 12.1. The number of Topliss-reactive ketones (excluding diaryl/α,β-unsaturated/α-hetero) is 1. The first-order valence-corrected chi connectivity index (χ1v) is 10.2. The Morgan fingerprint density at radius 2 is 1.72 bits per heavy atom. The molecule has 1 fully saturated rings. The maximum absolute atomic E-state index is 11.8. The average Bonchev–Trinajstić information content (AvgIpc) is 2.68. The highest BCUT2D eigenvalue weighted by Gasteiger charge is 2.35. The quantitative estimate of drug-likeness (QED) is 0.366. The van der Waals surface area contributed by atoms with E-state index in [1.807, 2.05) is 19.1 Å². The summed E-state index contributed by atoms with van der Waals surface area (Å²) in [5.41, 5.74) is 2.07. The third kappa shape index (κ3) is 5.43. The predicted octanol–water partition coefficient (Wildman–Crippen LogP) is 6.81. The molecule has 0 unspecified atom stereocenters. The van der Waals surface area contributed by atoms with Gasteiger partial charge in [-0.25, -0.2) is 0 Å². The molecule has 1 aromatic rings.